The van der Waals surface area contributed by atoms with Crippen LogP contribution in [-0.2, 0) is 6.54 Å². The summed E-state index contributed by atoms with van der Waals surface area (Å²) in [5, 5.41) is 3.40. The van der Waals surface area contributed by atoms with Crippen molar-refractivity contribution in [3.8, 4) is 11.5 Å². The smallest absolute Gasteiger partial charge is 0.162 e. The Morgan fingerprint density at radius 2 is 1.87 bits per heavy atom. The van der Waals surface area contributed by atoms with Gasteiger partial charge >= 0.3 is 0 Å². The van der Waals surface area contributed by atoms with E-state index in [1.165, 1.54) is 6.07 Å². The van der Waals surface area contributed by atoms with Crippen LogP contribution in [0.15, 0.2) is 36.4 Å². The molecule has 1 aliphatic heterocycles. The van der Waals surface area contributed by atoms with Gasteiger partial charge in [-0.2, -0.15) is 0 Å². The van der Waals surface area contributed by atoms with Crippen molar-refractivity contribution in [2.24, 2.45) is 0 Å². The van der Waals surface area contributed by atoms with E-state index in [0.29, 0.717) is 23.6 Å². The van der Waals surface area contributed by atoms with Gasteiger partial charge in [-0.3, -0.25) is 0 Å². The number of ether oxygens (including phenoxy) is 2. The minimum absolute atomic E-state index is 0.180. The number of hydrogen-bond acceptors (Lipinski definition) is 4. The maximum atomic E-state index is 14.0. The summed E-state index contributed by atoms with van der Waals surface area (Å²) in [5.74, 6) is 1.17. The van der Waals surface area contributed by atoms with E-state index in [1.807, 2.05) is 24.3 Å². The maximum absolute atomic E-state index is 14.0. The largest absolute Gasteiger partial charge is 0.493 e. The summed E-state index contributed by atoms with van der Waals surface area (Å²) >= 11 is 0. The lowest BCUT2D eigenvalue weighted by Crippen LogP contribution is -2.41. The number of hydrogen-bond donors (Lipinski definition) is 1. The standard InChI is InChI=1S/C18H21FN2O2/c1-12-10-20-15-8-17(22-2)18(23-3)9-16(15)21(12)11-13-6-4-5-7-14(13)19/h4-9,12,20H,10-11H2,1-3H3. The molecule has 2 aromatic carbocycles. The van der Waals surface area contributed by atoms with Crippen LogP contribution in [0, 0.1) is 5.82 Å². The van der Waals surface area contributed by atoms with Gasteiger partial charge in [-0.1, -0.05) is 18.2 Å². The fourth-order valence-electron chi connectivity index (χ4n) is 2.90. The van der Waals surface area contributed by atoms with E-state index in [0.717, 1.165) is 17.9 Å². The molecular weight excluding hydrogens is 295 g/mol. The van der Waals surface area contributed by atoms with Gasteiger partial charge in [0.1, 0.15) is 5.82 Å². The van der Waals surface area contributed by atoms with Crippen LogP contribution in [0.25, 0.3) is 0 Å². The van der Waals surface area contributed by atoms with Crippen LogP contribution in [0.3, 0.4) is 0 Å². The molecule has 1 N–H and O–H groups in total. The summed E-state index contributed by atoms with van der Waals surface area (Å²) in [4.78, 5) is 2.19. The minimum Gasteiger partial charge on any atom is -0.493 e. The normalized spacial score (nSPS) is 16.5. The van der Waals surface area contributed by atoms with Gasteiger partial charge in [-0.05, 0) is 13.0 Å². The molecule has 1 atom stereocenters. The van der Waals surface area contributed by atoms with Crippen LogP contribution in [0.5, 0.6) is 11.5 Å². The first-order valence-corrected chi connectivity index (χ1v) is 7.64. The van der Waals surface area contributed by atoms with Gasteiger partial charge < -0.3 is 19.7 Å². The molecule has 0 spiro atoms. The van der Waals surface area contributed by atoms with E-state index in [-0.39, 0.29) is 11.9 Å². The molecule has 0 amide bonds. The fourth-order valence-corrected chi connectivity index (χ4v) is 2.90. The summed E-state index contributed by atoms with van der Waals surface area (Å²) in [6, 6.07) is 11.0. The molecular formula is C18H21FN2O2. The highest BCUT2D eigenvalue weighted by molar-refractivity contribution is 5.77. The van der Waals surface area contributed by atoms with E-state index in [9.17, 15) is 4.39 Å². The van der Waals surface area contributed by atoms with Crippen LogP contribution in [0.2, 0.25) is 0 Å². The Morgan fingerprint density at radius 1 is 1.17 bits per heavy atom. The quantitative estimate of drug-likeness (QED) is 0.933. The minimum atomic E-state index is -0.180. The van der Waals surface area contributed by atoms with Crippen molar-refractivity contribution in [1.82, 2.24) is 0 Å². The Labute approximate surface area is 135 Å². The number of fused-ring (bicyclic) bond motifs is 1. The molecule has 4 nitrogen and oxygen atoms in total. The Kier molecular flexibility index (Phi) is 4.28. The monoisotopic (exact) mass is 316 g/mol. The van der Waals surface area contributed by atoms with E-state index >= 15 is 0 Å². The Hall–Kier alpha value is -2.43. The highest BCUT2D eigenvalue weighted by Gasteiger charge is 2.25. The number of rotatable bonds is 4. The van der Waals surface area contributed by atoms with E-state index in [2.05, 4.69) is 17.1 Å². The van der Waals surface area contributed by atoms with Gasteiger partial charge in [0, 0.05) is 36.8 Å². The van der Waals surface area contributed by atoms with E-state index in [1.54, 1.807) is 20.3 Å². The van der Waals surface area contributed by atoms with Gasteiger partial charge in [0.05, 0.1) is 25.6 Å². The first kappa shape index (κ1) is 15.5. The molecule has 122 valence electrons. The van der Waals surface area contributed by atoms with Crippen molar-refractivity contribution in [3.05, 3.63) is 47.8 Å². The summed E-state index contributed by atoms with van der Waals surface area (Å²) in [5.41, 5.74) is 2.64. The van der Waals surface area contributed by atoms with Crippen LogP contribution in [0.4, 0.5) is 15.8 Å². The number of nitrogens with one attached hydrogen (secondary N) is 1. The first-order chi connectivity index (χ1) is 11.1. The predicted octanol–water partition coefficient (Wildman–Crippen LogP) is 3.66. The highest BCUT2D eigenvalue weighted by Crippen LogP contribution is 2.41. The number of anilines is 2. The van der Waals surface area contributed by atoms with Crippen molar-refractivity contribution in [1.29, 1.82) is 0 Å². The molecule has 0 aromatic heterocycles. The Bertz CT molecular complexity index is 705. The van der Waals surface area contributed by atoms with Gasteiger partial charge in [0.2, 0.25) is 0 Å². The third kappa shape index (κ3) is 2.91. The molecule has 23 heavy (non-hydrogen) atoms. The average Bonchev–Trinajstić information content (AvgIpc) is 2.58. The lowest BCUT2D eigenvalue weighted by atomic mass is 10.1. The summed E-state index contributed by atoms with van der Waals surface area (Å²) in [6.45, 7) is 3.42. The second kappa shape index (κ2) is 6.36. The molecule has 0 saturated heterocycles. The number of methoxy groups -OCH3 is 2. The van der Waals surface area contributed by atoms with Crippen molar-refractivity contribution in [2.45, 2.75) is 19.5 Å². The molecule has 0 fully saturated rings. The number of halogens is 1. The van der Waals surface area contributed by atoms with E-state index in [4.69, 9.17) is 9.47 Å². The molecule has 1 heterocycles. The zero-order valence-electron chi connectivity index (χ0n) is 13.6. The van der Waals surface area contributed by atoms with Crippen LogP contribution in [0.1, 0.15) is 12.5 Å². The molecule has 5 heteroatoms. The molecule has 0 radical (unpaired) electrons. The molecule has 0 bridgehead atoms. The number of nitrogens with zero attached hydrogens (tertiary/aromatic N) is 1. The van der Waals surface area contributed by atoms with Crippen molar-refractivity contribution in [2.75, 3.05) is 31.0 Å². The lowest BCUT2D eigenvalue weighted by molar-refractivity contribution is 0.355. The Balaban J connectivity index is 2.00. The van der Waals surface area contributed by atoms with Crippen molar-refractivity contribution < 1.29 is 13.9 Å². The third-order valence-corrected chi connectivity index (χ3v) is 4.23. The molecule has 0 aliphatic carbocycles. The third-order valence-electron chi connectivity index (χ3n) is 4.23. The molecule has 3 rings (SSSR count). The molecule has 2 aromatic rings. The zero-order chi connectivity index (χ0) is 16.4. The second-order valence-electron chi connectivity index (χ2n) is 5.67. The van der Waals surface area contributed by atoms with Gasteiger partial charge in [-0.25, -0.2) is 4.39 Å². The predicted molar refractivity (Wildman–Crippen MR) is 90.1 cm³/mol. The first-order valence-electron chi connectivity index (χ1n) is 7.64. The average molecular weight is 316 g/mol. The van der Waals surface area contributed by atoms with Gasteiger partial charge in [-0.15, -0.1) is 0 Å². The van der Waals surface area contributed by atoms with Crippen molar-refractivity contribution in [3.63, 3.8) is 0 Å². The molecule has 0 saturated carbocycles. The highest BCUT2D eigenvalue weighted by atomic mass is 19.1. The maximum Gasteiger partial charge on any atom is 0.162 e. The van der Waals surface area contributed by atoms with Crippen LogP contribution >= 0.6 is 0 Å². The second-order valence-corrected chi connectivity index (χ2v) is 5.67. The van der Waals surface area contributed by atoms with Gasteiger partial charge in [0.15, 0.2) is 11.5 Å². The van der Waals surface area contributed by atoms with E-state index < -0.39 is 0 Å². The van der Waals surface area contributed by atoms with Crippen LogP contribution < -0.4 is 19.7 Å². The summed E-state index contributed by atoms with van der Waals surface area (Å²) in [6.07, 6.45) is 0. The molecule has 1 aliphatic rings. The van der Waals surface area contributed by atoms with Crippen molar-refractivity contribution >= 4 is 11.4 Å². The number of benzene rings is 2. The lowest BCUT2D eigenvalue weighted by Gasteiger charge is -2.38. The Morgan fingerprint density at radius 3 is 2.57 bits per heavy atom. The van der Waals surface area contributed by atoms with Gasteiger partial charge in [0.25, 0.3) is 0 Å². The topological polar surface area (TPSA) is 33.7 Å². The van der Waals surface area contributed by atoms with Crippen LogP contribution in [-0.4, -0.2) is 26.8 Å². The molecule has 1 unspecified atom stereocenters. The zero-order valence-corrected chi connectivity index (χ0v) is 13.6. The summed E-state index contributed by atoms with van der Waals surface area (Å²) < 4.78 is 24.8. The SMILES string of the molecule is COc1cc2c(cc1OC)N(Cc1ccccc1F)C(C)CN2. The fraction of sp³-hybridized carbons (Fsp3) is 0.333. The summed E-state index contributed by atoms with van der Waals surface area (Å²) in [7, 11) is 3.23.